The number of hydrogen-bond acceptors (Lipinski definition) is 4. The molecule has 6 nitrogen and oxygen atoms in total. The average molecular weight is 704 g/mol. The number of rotatable bonds is 5. The number of nitrogens with zero attached hydrogens (tertiary/aromatic N) is 1. The number of anilines is 1. The van der Waals surface area contributed by atoms with Crippen molar-refractivity contribution in [1.29, 1.82) is 0 Å². The van der Waals surface area contributed by atoms with Crippen LogP contribution in [-0.4, -0.2) is 17.8 Å². The summed E-state index contributed by atoms with van der Waals surface area (Å²) in [5, 5.41) is 3.22. The van der Waals surface area contributed by atoms with E-state index in [1.807, 2.05) is 0 Å². The van der Waals surface area contributed by atoms with Gasteiger partial charge in [0.25, 0.3) is 11.8 Å². The Labute approximate surface area is 235 Å². The molecule has 4 amide bonds. The van der Waals surface area contributed by atoms with E-state index in [1.165, 1.54) is 6.08 Å². The van der Waals surface area contributed by atoms with E-state index in [4.69, 9.17) is 27.9 Å². The van der Waals surface area contributed by atoms with Crippen LogP contribution in [0.3, 0.4) is 0 Å². The summed E-state index contributed by atoms with van der Waals surface area (Å²) in [4.78, 5) is 38.8. The van der Waals surface area contributed by atoms with Gasteiger partial charge in [0.2, 0.25) is 0 Å². The second-order valence-electron chi connectivity index (χ2n) is 7.27. The lowest BCUT2D eigenvalue weighted by Gasteiger charge is -2.26. The maximum absolute atomic E-state index is 13.1. The summed E-state index contributed by atoms with van der Waals surface area (Å²) in [5.41, 5.74) is 1.43. The smallest absolute Gasteiger partial charge is 0.335 e. The summed E-state index contributed by atoms with van der Waals surface area (Å²) in [5.74, 6) is -1.01. The third kappa shape index (κ3) is 5.81. The first kappa shape index (κ1) is 25.9. The molecular weight excluding hydrogens is 691 g/mol. The third-order valence-corrected chi connectivity index (χ3v) is 7.20. The predicted molar refractivity (Wildman–Crippen MR) is 146 cm³/mol. The van der Waals surface area contributed by atoms with Crippen molar-refractivity contribution in [3.63, 3.8) is 0 Å². The first-order valence-electron chi connectivity index (χ1n) is 9.87. The van der Waals surface area contributed by atoms with E-state index in [1.54, 1.807) is 54.6 Å². The molecular formula is C24H13Br3Cl2N2O4. The number of imide groups is 2. The number of carbonyl (C=O) groups excluding carboxylic acids is 3. The lowest BCUT2D eigenvalue weighted by molar-refractivity contribution is -0.122. The molecule has 1 fully saturated rings. The van der Waals surface area contributed by atoms with Crippen LogP contribution in [0.25, 0.3) is 6.08 Å². The molecule has 178 valence electrons. The molecule has 0 unspecified atom stereocenters. The Hall–Kier alpha value is -2.17. The average Bonchev–Trinajstić information content (AvgIpc) is 2.78. The van der Waals surface area contributed by atoms with Gasteiger partial charge in [-0.3, -0.25) is 14.9 Å². The Morgan fingerprint density at radius 3 is 2.20 bits per heavy atom. The van der Waals surface area contributed by atoms with Crippen molar-refractivity contribution in [2.75, 3.05) is 4.90 Å². The maximum atomic E-state index is 13.1. The van der Waals surface area contributed by atoms with Crippen molar-refractivity contribution in [1.82, 2.24) is 5.32 Å². The Morgan fingerprint density at radius 1 is 0.914 bits per heavy atom. The van der Waals surface area contributed by atoms with Gasteiger partial charge >= 0.3 is 6.03 Å². The molecule has 1 aliphatic heterocycles. The van der Waals surface area contributed by atoms with Gasteiger partial charge in [-0.15, -0.1) is 0 Å². The number of halogens is 5. The molecule has 1 aliphatic rings. The normalized spacial score (nSPS) is 14.9. The molecule has 0 bridgehead atoms. The SMILES string of the molecule is O=C1NC(=O)N(c2ccc(Br)cc2)C(=O)/C1=C/c1cc(Br)c(OCc2ccc(Cl)cc2Cl)c(Br)c1. The van der Waals surface area contributed by atoms with Crippen LogP contribution in [0.15, 0.2) is 73.6 Å². The Bertz CT molecular complexity index is 1370. The molecule has 0 aliphatic carbocycles. The van der Waals surface area contributed by atoms with Gasteiger partial charge < -0.3 is 4.74 Å². The van der Waals surface area contributed by atoms with Crippen LogP contribution in [0.4, 0.5) is 10.5 Å². The number of barbiturate groups is 1. The van der Waals surface area contributed by atoms with Gasteiger partial charge in [0.1, 0.15) is 17.9 Å². The number of carbonyl (C=O) groups is 3. The van der Waals surface area contributed by atoms with E-state index in [9.17, 15) is 14.4 Å². The van der Waals surface area contributed by atoms with Gasteiger partial charge in [-0.1, -0.05) is 45.2 Å². The minimum atomic E-state index is -0.813. The second kappa shape index (κ2) is 10.8. The molecule has 3 aromatic rings. The molecule has 3 aromatic carbocycles. The second-order valence-corrected chi connectivity index (χ2v) is 10.7. The molecule has 11 heteroatoms. The van der Waals surface area contributed by atoms with Gasteiger partial charge in [0.15, 0.2) is 0 Å². The molecule has 0 radical (unpaired) electrons. The van der Waals surface area contributed by atoms with Crippen molar-refractivity contribution in [2.24, 2.45) is 0 Å². The Balaban J connectivity index is 1.60. The van der Waals surface area contributed by atoms with Crippen LogP contribution in [0.2, 0.25) is 10.0 Å². The largest absolute Gasteiger partial charge is 0.486 e. The Kier molecular flexibility index (Phi) is 8.02. The summed E-state index contributed by atoms with van der Waals surface area (Å²) in [6.45, 7) is 0.193. The first-order chi connectivity index (χ1) is 16.6. The Morgan fingerprint density at radius 2 is 1.57 bits per heavy atom. The van der Waals surface area contributed by atoms with Crippen LogP contribution >= 0.6 is 71.0 Å². The van der Waals surface area contributed by atoms with Crippen molar-refractivity contribution >= 4 is 101 Å². The number of urea groups is 1. The quantitative estimate of drug-likeness (QED) is 0.220. The fraction of sp³-hybridized carbons (Fsp3) is 0.0417. The molecule has 0 aromatic heterocycles. The summed E-state index contributed by atoms with van der Waals surface area (Å²) >= 11 is 22.4. The zero-order valence-electron chi connectivity index (χ0n) is 17.5. The maximum Gasteiger partial charge on any atom is 0.335 e. The third-order valence-electron chi connectivity index (χ3n) is 4.91. The zero-order valence-corrected chi connectivity index (χ0v) is 23.7. The summed E-state index contributed by atoms with van der Waals surface area (Å²) in [6, 6.07) is 14.3. The number of amides is 4. The fourth-order valence-electron chi connectivity index (χ4n) is 3.24. The van der Waals surface area contributed by atoms with E-state index < -0.39 is 17.8 Å². The van der Waals surface area contributed by atoms with E-state index in [0.717, 1.165) is 14.9 Å². The number of benzene rings is 3. The van der Waals surface area contributed by atoms with Crippen molar-refractivity contribution in [3.8, 4) is 5.75 Å². The highest BCUT2D eigenvalue weighted by Crippen LogP contribution is 2.37. The standard InChI is InChI=1S/C24H13Br3Cl2N2O4/c25-14-2-5-16(6-3-14)31-23(33)17(22(32)30-24(31)34)7-12-8-18(26)21(19(27)9-12)35-11-13-1-4-15(28)10-20(13)29/h1-10H,11H2,(H,30,32,34)/b17-7+. The molecule has 1 saturated heterocycles. The van der Waals surface area contributed by atoms with Crippen LogP contribution in [0.5, 0.6) is 5.75 Å². The molecule has 0 spiro atoms. The first-order valence-corrected chi connectivity index (χ1v) is 13.0. The monoisotopic (exact) mass is 700 g/mol. The summed E-state index contributed by atoms with van der Waals surface area (Å²) in [6.07, 6.45) is 1.41. The lowest BCUT2D eigenvalue weighted by Crippen LogP contribution is -2.54. The summed E-state index contributed by atoms with van der Waals surface area (Å²) < 4.78 is 7.85. The van der Waals surface area contributed by atoms with Crippen LogP contribution < -0.4 is 15.0 Å². The highest BCUT2D eigenvalue weighted by molar-refractivity contribution is 9.11. The highest BCUT2D eigenvalue weighted by atomic mass is 79.9. The molecule has 0 atom stereocenters. The topological polar surface area (TPSA) is 75.7 Å². The van der Waals surface area contributed by atoms with Gasteiger partial charge in [-0.25, -0.2) is 9.69 Å². The fourth-order valence-corrected chi connectivity index (χ4v) is 5.42. The highest BCUT2D eigenvalue weighted by Gasteiger charge is 2.36. The molecule has 4 rings (SSSR count). The minimum absolute atomic E-state index is 0.187. The summed E-state index contributed by atoms with van der Waals surface area (Å²) in [7, 11) is 0. The van der Waals surface area contributed by atoms with Crippen molar-refractivity contribution in [3.05, 3.63) is 94.8 Å². The van der Waals surface area contributed by atoms with E-state index in [2.05, 4.69) is 53.1 Å². The van der Waals surface area contributed by atoms with Gasteiger partial charge in [0, 0.05) is 20.1 Å². The lowest BCUT2D eigenvalue weighted by atomic mass is 10.1. The van der Waals surface area contributed by atoms with E-state index >= 15 is 0 Å². The van der Waals surface area contributed by atoms with E-state index in [0.29, 0.717) is 36.0 Å². The van der Waals surface area contributed by atoms with Crippen LogP contribution in [0.1, 0.15) is 11.1 Å². The van der Waals surface area contributed by atoms with Gasteiger partial charge in [0.05, 0.1) is 14.6 Å². The van der Waals surface area contributed by atoms with Crippen molar-refractivity contribution < 1.29 is 19.1 Å². The van der Waals surface area contributed by atoms with Gasteiger partial charge in [-0.2, -0.15) is 0 Å². The number of ether oxygens (including phenoxy) is 1. The zero-order chi connectivity index (χ0) is 25.3. The van der Waals surface area contributed by atoms with Crippen LogP contribution in [0, 0.1) is 0 Å². The number of nitrogens with one attached hydrogen (secondary N) is 1. The van der Waals surface area contributed by atoms with Gasteiger partial charge in [-0.05, 0) is 92.0 Å². The van der Waals surface area contributed by atoms with Crippen molar-refractivity contribution in [2.45, 2.75) is 6.61 Å². The molecule has 1 N–H and O–H groups in total. The van der Waals surface area contributed by atoms with E-state index in [-0.39, 0.29) is 12.2 Å². The number of hydrogen-bond donors (Lipinski definition) is 1. The van der Waals surface area contributed by atoms with Crippen LogP contribution in [-0.2, 0) is 16.2 Å². The molecule has 35 heavy (non-hydrogen) atoms. The predicted octanol–water partition coefficient (Wildman–Crippen LogP) is 7.53. The minimum Gasteiger partial charge on any atom is -0.486 e. The molecule has 1 heterocycles. The molecule has 0 saturated carbocycles.